The van der Waals surface area contributed by atoms with Crippen LogP contribution < -0.4 is 19.8 Å². The van der Waals surface area contributed by atoms with Crippen LogP contribution in [-0.2, 0) is 14.8 Å². The number of pyridine rings is 1. The molecule has 1 amide bonds. The Hall–Kier alpha value is -5.34. The lowest BCUT2D eigenvalue weighted by atomic mass is 9.72. The zero-order valence-corrected chi connectivity index (χ0v) is 40.0. The van der Waals surface area contributed by atoms with Gasteiger partial charge < -0.3 is 24.8 Å². The summed E-state index contributed by atoms with van der Waals surface area (Å²) in [6, 6.07) is 19.5. The number of amides is 1. The van der Waals surface area contributed by atoms with Crippen molar-refractivity contribution in [3.05, 3.63) is 111 Å². The third-order valence-corrected chi connectivity index (χ3v) is 16.2. The second kappa shape index (κ2) is 19.2. The number of alkyl halides is 3. The smallest absolute Gasteiger partial charge is 0.381 e. The number of aromatic amines is 1. The Morgan fingerprint density at radius 1 is 1.01 bits per heavy atom. The first-order valence-electron chi connectivity index (χ1n) is 22.7. The van der Waals surface area contributed by atoms with Crippen molar-refractivity contribution in [3.63, 3.8) is 0 Å². The number of hydrogen-bond acceptors (Lipinski definition) is 12. The van der Waals surface area contributed by atoms with Crippen LogP contribution in [0.2, 0.25) is 5.02 Å². The summed E-state index contributed by atoms with van der Waals surface area (Å²) >= 11 is 6.83. The van der Waals surface area contributed by atoms with Gasteiger partial charge in [0.05, 0.1) is 26.8 Å². The van der Waals surface area contributed by atoms with Crippen LogP contribution in [0.3, 0.4) is 0 Å². The van der Waals surface area contributed by atoms with E-state index in [0.29, 0.717) is 85.1 Å². The van der Waals surface area contributed by atoms with Gasteiger partial charge in [0.25, 0.3) is 21.6 Å². The molecule has 3 aliphatic heterocycles. The van der Waals surface area contributed by atoms with Gasteiger partial charge in [0.2, 0.25) is 0 Å². The van der Waals surface area contributed by atoms with E-state index in [1.54, 1.807) is 30.5 Å². The van der Waals surface area contributed by atoms with Crippen LogP contribution in [0, 0.1) is 21.4 Å². The van der Waals surface area contributed by atoms with Crippen molar-refractivity contribution in [1.82, 2.24) is 19.6 Å². The molecule has 1 aliphatic carbocycles. The predicted octanol–water partition coefficient (Wildman–Crippen LogP) is 10.0. The molecule has 68 heavy (non-hydrogen) atoms. The maximum atomic E-state index is 14.7. The van der Waals surface area contributed by atoms with E-state index in [4.69, 9.17) is 16.3 Å². The summed E-state index contributed by atoms with van der Waals surface area (Å²) in [6.45, 7) is 8.92. The highest BCUT2D eigenvalue weighted by Gasteiger charge is 2.46. The van der Waals surface area contributed by atoms with Gasteiger partial charge in [0, 0.05) is 87.4 Å². The Labute approximate surface area is 401 Å². The molecule has 2 saturated heterocycles. The molecule has 0 spiro atoms. The maximum absolute atomic E-state index is 14.7. The summed E-state index contributed by atoms with van der Waals surface area (Å²) in [5.41, 5.74) is 4.88. The molecule has 3 aromatic carbocycles. The molecule has 360 valence electrons. The van der Waals surface area contributed by atoms with Crippen molar-refractivity contribution in [1.29, 1.82) is 0 Å². The number of aromatic nitrogens is 2. The highest BCUT2D eigenvalue weighted by atomic mass is 35.5. The Bertz CT molecular complexity index is 2860. The second-order valence-corrected chi connectivity index (χ2v) is 22.0. The molecule has 3 N–H and O–H groups in total. The minimum atomic E-state index is -4.75. The highest BCUT2D eigenvalue weighted by Crippen LogP contribution is 2.49. The molecular formula is C48H52ClF3N8O6S2. The van der Waals surface area contributed by atoms with E-state index in [1.807, 2.05) is 12.1 Å². The number of fused-ring (bicyclic) bond motifs is 2. The van der Waals surface area contributed by atoms with Gasteiger partial charge in [-0.2, -0.15) is 13.2 Å². The van der Waals surface area contributed by atoms with E-state index in [0.717, 1.165) is 44.7 Å². The van der Waals surface area contributed by atoms with Crippen LogP contribution in [0.25, 0.3) is 16.6 Å². The molecule has 1 atom stereocenters. The number of carbonyl (C=O) groups is 1. The number of H-pyrrole nitrogens is 1. The van der Waals surface area contributed by atoms with Gasteiger partial charge in [-0.1, -0.05) is 54.9 Å². The second-order valence-electron chi connectivity index (χ2n) is 18.7. The lowest BCUT2D eigenvalue weighted by Gasteiger charge is -2.40. The number of benzene rings is 3. The fraction of sp³-hybridized carbons (Fsp3) is 0.417. The minimum Gasteiger partial charge on any atom is -0.381 e. The van der Waals surface area contributed by atoms with Crippen molar-refractivity contribution in [2.45, 2.75) is 67.3 Å². The average Bonchev–Trinajstić information content (AvgIpc) is 3.78. The number of carbonyl (C=O) groups excluding carboxylic acids is 1. The Balaban J connectivity index is 1.02. The van der Waals surface area contributed by atoms with E-state index in [-0.39, 0.29) is 33.3 Å². The molecule has 5 heterocycles. The van der Waals surface area contributed by atoms with Crippen LogP contribution in [0.4, 0.5) is 41.6 Å². The van der Waals surface area contributed by atoms with Crippen LogP contribution in [0.1, 0.15) is 61.9 Å². The molecule has 5 aromatic rings. The average molecular weight is 994 g/mol. The summed E-state index contributed by atoms with van der Waals surface area (Å²) in [5.74, 6) is -0.912. The van der Waals surface area contributed by atoms with Gasteiger partial charge in [0.1, 0.15) is 21.6 Å². The predicted molar refractivity (Wildman–Crippen MR) is 260 cm³/mol. The number of halogens is 4. The number of nitrogens with one attached hydrogen (secondary N) is 3. The van der Waals surface area contributed by atoms with Crippen molar-refractivity contribution < 1.29 is 36.0 Å². The first-order valence-corrected chi connectivity index (χ1v) is 25.4. The van der Waals surface area contributed by atoms with Gasteiger partial charge in [-0.3, -0.25) is 19.8 Å². The molecule has 0 radical (unpaired) electrons. The lowest BCUT2D eigenvalue weighted by Crippen LogP contribution is -2.47. The number of rotatable bonds is 12. The summed E-state index contributed by atoms with van der Waals surface area (Å²) < 4.78 is 79.6. The summed E-state index contributed by atoms with van der Waals surface area (Å²) in [4.78, 5) is 38.8. The number of ether oxygens (including phenoxy) is 1. The number of nitro benzene ring substituents is 1. The fourth-order valence-corrected chi connectivity index (χ4v) is 11.7. The number of thioether (sulfide) groups is 1. The van der Waals surface area contributed by atoms with Crippen LogP contribution in [-0.4, -0.2) is 105 Å². The van der Waals surface area contributed by atoms with E-state index in [1.165, 1.54) is 39.8 Å². The van der Waals surface area contributed by atoms with Crippen LogP contribution >= 0.6 is 23.4 Å². The molecule has 2 aromatic heterocycles. The number of allylic oxidation sites excluding steroid dienone is 1. The third-order valence-electron chi connectivity index (χ3n) is 13.4. The number of piperazine rings is 1. The third kappa shape index (κ3) is 10.5. The number of anilines is 4. The van der Waals surface area contributed by atoms with Crippen molar-refractivity contribution >= 4 is 84.3 Å². The first kappa shape index (κ1) is 47.7. The Morgan fingerprint density at radius 3 is 2.49 bits per heavy atom. The van der Waals surface area contributed by atoms with Crippen molar-refractivity contribution in [2.24, 2.45) is 11.3 Å². The first-order chi connectivity index (χ1) is 32.4. The number of sulfonamides is 1. The Morgan fingerprint density at radius 2 is 1.76 bits per heavy atom. The molecule has 0 bridgehead atoms. The van der Waals surface area contributed by atoms with Crippen molar-refractivity contribution in [2.75, 3.05) is 74.1 Å². The van der Waals surface area contributed by atoms with Gasteiger partial charge >= 0.3 is 6.18 Å². The van der Waals surface area contributed by atoms with Gasteiger partial charge in [-0.15, -0.1) is 0 Å². The zero-order valence-electron chi connectivity index (χ0n) is 37.6. The van der Waals surface area contributed by atoms with Gasteiger partial charge in [-0.05, 0) is 109 Å². The quantitative estimate of drug-likeness (QED) is 0.0801. The minimum absolute atomic E-state index is 0.0475. The fourth-order valence-electron chi connectivity index (χ4n) is 9.52. The molecule has 0 saturated carbocycles. The van der Waals surface area contributed by atoms with E-state index in [2.05, 4.69) is 55.8 Å². The monoisotopic (exact) mass is 992 g/mol. The molecule has 4 aliphatic rings. The van der Waals surface area contributed by atoms with Crippen LogP contribution in [0.15, 0.2) is 94.5 Å². The number of nitro groups is 1. The van der Waals surface area contributed by atoms with Crippen LogP contribution in [0.5, 0.6) is 0 Å². The molecule has 1 unspecified atom stereocenters. The molecule has 20 heteroatoms. The largest absolute Gasteiger partial charge is 0.402 e. The number of hydrogen-bond donors (Lipinski definition) is 3. The van der Waals surface area contributed by atoms with E-state index >= 15 is 0 Å². The molecular weight excluding hydrogens is 941 g/mol. The SMILES string of the molecule is CC1(C)CCC(CN2CCN(c3ccc(C(=O)NS(=O)(=O)c4ccc(NCC5CCOCC5)c([N+](=O)[O-])c4)c(N4CC(C(F)(F)F)Sc5nc6[nH]ccc6cc54)c3)CC2)=C(c2ccc(Cl)cc2)C1. The zero-order chi connectivity index (χ0) is 48.0. The standard InChI is InChI=1S/C48H52ClF3N8O6S2/c1-47(2)15-11-33(38(26-47)31-3-5-34(49)6-4-31)28-57-17-19-58(20-18-57)35-7-9-37(40(24-35)59-29-43(48(50,51)52)67-46-42(59)23-32-12-16-53-44(32)55-46)45(61)56-68(64,65)36-8-10-39(41(25-36)60(62)63)54-27-30-13-21-66-22-14-30/h3-10,12,16,23-25,30,43,54H,11,13-15,17-22,26-29H2,1-2H3,(H,53,55)(H,56,61). The summed E-state index contributed by atoms with van der Waals surface area (Å²) in [6.07, 6.45) is 1.51. The molecule has 9 rings (SSSR count). The summed E-state index contributed by atoms with van der Waals surface area (Å²) in [7, 11) is -4.75. The number of nitrogens with zero attached hydrogens (tertiary/aromatic N) is 5. The van der Waals surface area contributed by atoms with Crippen molar-refractivity contribution in [3.8, 4) is 0 Å². The van der Waals surface area contributed by atoms with E-state index in [9.17, 15) is 36.5 Å². The maximum Gasteiger partial charge on any atom is 0.402 e. The summed E-state index contributed by atoms with van der Waals surface area (Å²) in [5, 5.41) is 14.7. The van der Waals surface area contributed by atoms with Gasteiger partial charge in [0.15, 0.2) is 0 Å². The molecule has 14 nitrogen and oxygen atoms in total. The Kier molecular flexibility index (Phi) is 13.5. The normalized spacial score (nSPS) is 19.5. The van der Waals surface area contributed by atoms with Gasteiger partial charge in [-0.25, -0.2) is 18.1 Å². The van der Waals surface area contributed by atoms with E-state index < -0.39 is 49.4 Å². The lowest BCUT2D eigenvalue weighted by molar-refractivity contribution is -0.384. The molecule has 2 fully saturated rings. The highest BCUT2D eigenvalue weighted by molar-refractivity contribution is 8.00. The topological polar surface area (TPSA) is 166 Å².